The lowest BCUT2D eigenvalue weighted by Crippen LogP contribution is -2.51. The van der Waals surface area contributed by atoms with E-state index >= 15 is 0 Å². The summed E-state index contributed by atoms with van der Waals surface area (Å²) in [5.41, 5.74) is -0.0464. The van der Waals surface area contributed by atoms with E-state index in [1.54, 1.807) is 0 Å². The molecule has 2 rings (SSSR count). The number of carbonyl (C=O) groups excluding carboxylic acids is 1. The second kappa shape index (κ2) is 6.08. The molecule has 1 aromatic rings. The van der Waals surface area contributed by atoms with Gasteiger partial charge in [0.1, 0.15) is 17.7 Å². The summed E-state index contributed by atoms with van der Waals surface area (Å²) in [5.74, 6) is -1.82. The van der Waals surface area contributed by atoms with E-state index in [9.17, 15) is 18.4 Å². The molecule has 1 aliphatic rings. The van der Waals surface area contributed by atoms with Gasteiger partial charge in [-0.1, -0.05) is 0 Å². The normalized spacial score (nSPS) is 18.7. The molecule has 5 nitrogen and oxygen atoms in total. The molecule has 1 aromatic carbocycles. The SMILES string of the molecule is O=C(O)C1CSCCN1C(=O)Nc1cc(F)cc(F)c1. The van der Waals surface area contributed by atoms with Crippen LogP contribution in [0, 0.1) is 11.6 Å². The van der Waals surface area contributed by atoms with Crippen LogP contribution in [0.2, 0.25) is 0 Å². The molecule has 1 atom stereocenters. The first-order valence-electron chi connectivity index (χ1n) is 5.81. The van der Waals surface area contributed by atoms with Crippen LogP contribution in [0.1, 0.15) is 0 Å². The Morgan fingerprint density at radius 1 is 1.30 bits per heavy atom. The molecule has 2 N–H and O–H groups in total. The van der Waals surface area contributed by atoms with Crippen LogP contribution in [-0.4, -0.2) is 46.1 Å². The predicted molar refractivity (Wildman–Crippen MR) is 70.8 cm³/mol. The van der Waals surface area contributed by atoms with Crippen LogP contribution >= 0.6 is 11.8 Å². The molecule has 1 saturated heterocycles. The van der Waals surface area contributed by atoms with Crippen molar-refractivity contribution >= 4 is 29.4 Å². The smallest absolute Gasteiger partial charge is 0.327 e. The van der Waals surface area contributed by atoms with Gasteiger partial charge in [-0.3, -0.25) is 0 Å². The van der Waals surface area contributed by atoms with Gasteiger partial charge in [0, 0.05) is 29.8 Å². The molecule has 1 unspecified atom stereocenters. The quantitative estimate of drug-likeness (QED) is 0.876. The van der Waals surface area contributed by atoms with Crippen molar-refractivity contribution in [1.29, 1.82) is 0 Å². The predicted octanol–water partition coefficient (Wildman–Crippen LogP) is 2.00. The number of carboxylic acid groups (broad SMARTS) is 1. The molecule has 0 aromatic heterocycles. The standard InChI is InChI=1S/C12H12F2N2O3S/c13-7-3-8(14)5-9(4-7)15-12(19)16-1-2-20-6-10(16)11(17)18/h3-5,10H,1-2,6H2,(H,15,19)(H,17,18). The topological polar surface area (TPSA) is 69.6 Å². The molecular weight excluding hydrogens is 290 g/mol. The fourth-order valence-electron chi connectivity index (χ4n) is 1.87. The highest BCUT2D eigenvalue weighted by Crippen LogP contribution is 2.19. The van der Waals surface area contributed by atoms with Gasteiger partial charge in [-0.2, -0.15) is 11.8 Å². The molecule has 0 bridgehead atoms. The zero-order chi connectivity index (χ0) is 14.7. The summed E-state index contributed by atoms with van der Waals surface area (Å²) in [6.45, 7) is 0.269. The van der Waals surface area contributed by atoms with Crippen molar-refractivity contribution in [1.82, 2.24) is 4.90 Å². The monoisotopic (exact) mass is 302 g/mol. The van der Waals surface area contributed by atoms with E-state index in [1.807, 2.05) is 0 Å². The van der Waals surface area contributed by atoms with Crippen molar-refractivity contribution in [2.24, 2.45) is 0 Å². The average Bonchev–Trinajstić information content (AvgIpc) is 2.37. The number of carboxylic acids is 1. The van der Waals surface area contributed by atoms with Gasteiger partial charge in [-0.25, -0.2) is 18.4 Å². The van der Waals surface area contributed by atoms with Gasteiger partial charge in [-0.05, 0) is 12.1 Å². The summed E-state index contributed by atoms with van der Waals surface area (Å²) in [6, 6.07) is 1.01. The van der Waals surface area contributed by atoms with Gasteiger partial charge in [0.15, 0.2) is 0 Å². The Morgan fingerprint density at radius 3 is 2.55 bits per heavy atom. The molecular formula is C12H12F2N2O3S. The number of nitrogens with zero attached hydrogens (tertiary/aromatic N) is 1. The van der Waals surface area contributed by atoms with Crippen molar-refractivity contribution < 1.29 is 23.5 Å². The number of halogens is 2. The van der Waals surface area contributed by atoms with Gasteiger partial charge < -0.3 is 15.3 Å². The van der Waals surface area contributed by atoms with Crippen LogP contribution in [-0.2, 0) is 4.79 Å². The Kier molecular flexibility index (Phi) is 4.43. The van der Waals surface area contributed by atoms with Crippen molar-refractivity contribution in [2.45, 2.75) is 6.04 Å². The van der Waals surface area contributed by atoms with Crippen LogP contribution in [0.25, 0.3) is 0 Å². The van der Waals surface area contributed by atoms with Crippen LogP contribution in [0.15, 0.2) is 18.2 Å². The number of benzene rings is 1. The largest absolute Gasteiger partial charge is 0.480 e. The van der Waals surface area contributed by atoms with Crippen LogP contribution in [0.3, 0.4) is 0 Å². The lowest BCUT2D eigenvalue weighted by molar-refractivity contribution is -0.141. The summed E-state index contributed by atoms with van der Waals surface area (Å²) in [5, 5.41) is 11.4. The first-order valence-corrected chi connectivity index (χ1v) is 6.97. The van der Waals surface area contributed by atoms with Crippen LogP contribution in [0.4, 0.5) is 19.3 Å². The van der Waals surface area contributed by atoms with E-state index in [2.05, 4.69) is 5.32 Å². The number of nitrogens with one attached hydrogen (secondary N) is 1. The fourth-order valence-corrected chi connectivity index (χ4v) is 2.91. The second-order valence-corrected chi connectivity index (χ2v) is 5.36. The van der Waals surface area contributed by atoms with Gasteiger partial charge in [0.25, 0.3) is 0 Å². The first-order chi connectivity index (χ1) is 9.47. The van der Waals surface area contributed by atoms with Crippen molar-refractivity contribution in [3.8, 4) is 0 Å². The molecule has 0 spiro atoms. The fraction of sp³-hybridized carbons (Fsp3) is 0.333. The maximum absolute atomic E-state index is 13.0. The Bertz CT molecular complexity index is 521. The van der Waals surface area contributed by atoms with Crippen molar-refractivity contribution in [2.75, 3.05) is 23.4 Å². The minimum absolute atomic E-state index is 0.0464. The highest BCUT2D eigenvalue weighted by molar-refractivity contribution is 7.99. The Labute approximate surface area is 117 Å². The first kappa shape index (κ1) is 14.6. The van der Waals surface area contributed by atoms with E-state index < -0.39 is 29.7 Å². The highest BCUT2D eigenvalue weighted by atomic mass is 32.2. The van der Waals surface area contributed by atoms with E-state index in [4.69, 9.17) is 5.11 Å². The van der Waals surface area contributed by atoms with Crippen LogP contribution in [0.5, 0.6) is 0 Å². The number of hydrogen-bond donors (Lipinski definition) is 2. The summed E-state index contributed by atoms with van der Waals surface area (Å²) in [7, 11) is 0. The highest BCUT2D eigenvalue weighted by Gasteiger charge is 2.32. The lowest BCUT2D eigenvalue weighted by Gasteiger charge is -2.32. The number of hydrogen-bond acceptors (Lipinski definition) is 3. The number of thioether (sulfide) groups is 1. The van der Waals surface area contributed by atoms with Gasteiger partial charge >= 0.3 is 12.0 Å². The molecule has 20 heavy (non-hydrogen) atoms. The molecule has 1 fully saturated rings. The third-order valence-corrected chi connectivity index (χ3v) is 3.81. The number of rotatable bonds is 2. The molecule has 0 aliphatic carbocycles. The average molecular weight is 302 g/mol. The molecule has 108 valence electrons. The van der Waals surface area contributed by atoms with E-state index in [1.165, 1.54) is 11.8 Å². The van der Waals surface area contributed by atoms with Gasteiger partial charge in [-0.15, -0.1) is 0 Å². The summed E-state index contributed by atoms with van der Waals surface area (Å²) >= 11 is 1.44. The Balaban J connectivity index is 2.11. The molecule has 8 heteroatoms. The van der Waals surface area contributed by atoms with Crippen LogP contribution < -0.4 is 5.32 Å². The molecule has 0 saturated carbocycles. The number of carbonyl (C=O) groups is 2. The molecule has 1 aliphatic heterocycles. The summed E-state index contributed by atoms with van der Waals surface area (Å²) < 4.78 is 26.0. The Hall–Kier alpha value is -1.83. The third kappa shape index (κ3) is 3.38. The zero-order valence-electron chi connectivity index (χ0n) is 10.3. The van der Waals surface area contributed by atoms with E-state index in [0.717, 1.165) is 17.0 Å². The lowest BCUT2D eigenvalue weighted by atomic mass is 10.2. The minimum atomic E-state index is -1.10. The molecule has 1 heterocycles. The zero-order valence-corrected chi connectivity index (χ0v) is 11.1. The van der Waals surface area contributed by atoms with E-state index in [-0.39, 0.29) is 12.2 Å². The summed E-state index contributed by atoms with van der Waals surface area (Å²) in [6.07, 6.45) is 0. The maximum Gasteiger partial charge on any atom is 0.327 e. The Morgan fingerprint density at radius 2 is 1.95 bits per heavy atom. The number of amides is 2. The number of aliphatic carboxylic acids is 1. The van der Waals surface area contributed by atoms with E-state index in [0.29, 0.717) is 17.6 Å². The van der Waals surface area contributed by atoms with Gasteiger partial charge in [0.2, 0.25) is 0 Å². The minimum Gasteiger partial charge on any atom is -0.480 e. The van der Waals surface area contributed by atoms with Crippen molar-refractivity contribution in [3.05, 3.63) is 29.8 Å². The number of anilines is 1. The molecule has 2 amide bonds. The maximum atomic E-state index is 13.0. The second-order valence-electron chi connectivity index (χ2n) is 4.21. The third-order valence-electron chi connectivity index (χ3n) is 2.79. The summed E-state index contributed by atoms with van der Waals surface area (Å²) in [4.78, 5) is 24.2. The molecule has 0 radical (unpaired) electrons. The van der Waals surface area contributed by atoms with Crippen molar-refractivity contribution in [3.63, 3.8) is 0 Å². The number of urea groups is 1. The van der Waals surface area contributed by atoms with Gasteiger partial charge in [0.05, 0.1) is 0 Å².